The van der Waals surface area contributed by atoms with E-state index in [2.05, 4.69) is 4.72 Å². The molecule has 1 aliphatic heterocycles. The number of hydrogen-bond donors (Lipinski definition) is 1. The van der Waals surface area contributed by atoms with Gasteiger partial charge >= 0.3 is 0 Å². The maximum atomic E-state index is 13.1. The van der Waals surface area contributed by atoms with Crippen LogP contribution < -0.4 is 4.72 Å². The zero-order valence-electron chi connectivity index (χ0n) is 11.2. The largest absolute Gasteiger partial charge is 0.381 e. The van der Waals surface area contributed by atoms with E-state index in [0.717, 1.165) is 25.0 Å². The van der Waals surface area contributed by atoms with Crippen molar-refractivity contribution < 1.29 is 17.5 Å². The van der Waals surface area contributed by atoms with E-state index in [1.54, 1.807) is 0 Å². The first-order valence-corrected chi connectivity index (χ1v) is 8.21. The Labute approximate surface area is 123 Å². The van der Waals surface area contributed by atoms with Crippen LogP contribution in [0, 0.1) is 11.2 Å². The Hall–Kier alpha value is -0.690. The fourth-order valence-corrected chi connectivity index (χ4v) is 3.51. The molecule has 0 aromatic heterocycles. The number of benzene rings is 1. The van der Waals surface area contributed by atoms with Crippen LogP contribution >= 0.6 is 11.6 Å². The highest BCUT2D eigenvalue weighted by Gasteiger charge is 2.29. The number of ether oxygens (including phenoxy) is 1. The molecule has 0 radical (unpaired) electrons. The van der Waals surface area contributed by atoms with Gasteiger partial charge in [-0.05, 0) is 36.5 Å². The van der Waals surface area contributed by atoms with Crippen LogP contribution in [0.25, 0.3) is 0 Å². The predicted molar refractivity (Wildman–Crippen MR) is 74.8 cm³/mol. The van der Waals surface area contributed by atoms with E-state index in [9.17, 15) is 12.8 Å². The second-order valence-electron chi connectivity index (χ2n) is 5.32. The molecule has 0 bridgehead atoms. The topological polar surface area (TPSA) is 55.4 Å². The van der Waals surface area contributed by atoms with Crippen LogP contribution in [0.15, 0.2) is 23.1 Å². The Kier molecular flexibility index (Phi) is 4.69. The first-order chi connectivity index (χ1) is 9.32. The molecule has 1 heterocycles. The third kappa shape index (κ3) is 3.69. The molecular weight excluding hydrogens is 305 g/mol. The van der Waals surface area contributed by atoms with Crippen LogP contribution in [-0.4, -0.2) is 28.2 Å². The summed E-state index contributed by atoms with van der Waals surface area (Å²) < 4.78 is 45.2. The summed E-state index contributed by atoms with van der Waals surface area (Å²) in [6.45, 7) is 3.63. The van der Waals surface area contributed by atoms with Crippen molar-refractivity contribution in [1.82, 2.24) is 4.72 Å². The van der Waals surface area contributed by atoms with E-state index >= 15 is 0 Å². The summed E-state index contributed by atoms with van der Waals surface area (Å²) >= 11 is 5.61. The Morgan fingerprint density at radius 1 is 1.40 bits per heavy atom. The zero-order chi connectivity index (χ0) is 14.8. The van der Waals surface area contributed by atoms with Crippen molar-refractivity contribution in [3.8, 4) is 0 Å². The number of rotatable bonds is 4. The zero-order valence-corrected chi connectivity index (χ0v) is 12.7. The molecule has 2 rings (SSSR count). The summed E-state index contributed by atoms with van der Waals surface area (Å²) in [5.41, 5.74) is -0.116. The number of halogens is 2. The van der Waals surface area contributed by atoms with E-state index in [1.165, 1.54) is 6.07 Å². The van der Waals surface area contributed by atoms with Crippen molar-refractivity contribution in [1.29, 1.82) is 0 Å². The lowest BCUT2D eigenvalue weighted by atomic mass is 9.83. The molecule has 112 valence electrons. The van der Waals surface area contributed by atoms with Crippen molar-refractivity contribution in [2.75, 3.05) is 19.8 Å². The van der Waals surface area contributed by atoms with Gasteiger partial charge in [-0.15, -0.1) is 0 Å². The van der Waals surface area contributed by atoms with Gasteiger partial charge in [0.15, 0.2) is 0 Å². The van der Waals surface area contributed by atoms with Gasteiger partial charge < -0.3 is 4.74 Å². The summed E-state index contributed by atoms with van der Waals surface area (Å²) in [4.78, 5) is -0.0282. The Balaban J connectivity index is 2.09. The molecule has 1 aliphatic rings. The lowest BCUT2D eigenvalue weighted by molar-refractivity contribution is 0.0265. The number of sulfonamides is 1. The Morgan fingerprint density at radius 3 is 2.65 bits per heavy atom. The van der Waals surface area contributed by atoms with E-state index in [1.807, 2.05) is 6.92 Å². The molecule has 1 fully saturated rings. The SMILES string of the molecule is CC1(CNS(=O)(=O)c2ccc(F)c(Cl)c2)CCOCC1. The maximum Gasteiger partial charge on any atom is 0.240 e. The number of nitrogens with one attached hydrogen (secondary N) is 1. The first kappa shape index (κ1) is 15.7. The lowest BCUT2D eigenvalue weighted by Crippen LogP contribution is -2.39. The molecule has 1 aromatic carbocycles. The smallest absolute Gasteiger partial charge is 0.240 e. The molecule has 20 heavy (non-hydrogen) atoms. The molecule has 1 saturated heterocycles. The summed E-state index contributed by atoms with van der Waals surface area (Å²) in [5.74, 6) is -0.637. The van der Waals surface area contributed by atoms with Crippen molar-refractivity contribution in [3.63, 3.8) is 0 Å². The quantitative estimate of drug-likeness (QED) is 0.927. The summed E-state index contributed by atoms with van der Waals surface area (Å²) in [7, 11) is -3.68. The van der Waals surface area contributed by atoms with Gasteiger partial charge in [0.1, 0.15) is 5.82 Å². The molecule has 4 nitrogen and oxygen atoms in total. The van der Waals surface area contributed by atoms with Gasteiger partial charge in [-0.25, -0.2) is 17.5 Å². The molecule has 0 amide bonds. The van der Waals surface area contributed by atoms with Crippen LogP contribution in [0.2, 0.25) is 5.02 Å². The second-order valence-corrected chi connectivity index (χ2v) is 7.50. The average Bonchev–Trinajstić information content (AvgIpc) is 2.41. The van der Waals surface area contributed by atoms with Gasteiger partial charge in [-0.1, -0.05) is 18.5 Å². The molecular formula is C13H17ClFNO3S. The summed E-state index contributed by atoms with van der Waals surface area (Å²) in [6.07, 6.45) is 1.61. The highest BCUT2D eigenvalue weighted by molar-refractivity contribution is 7.89. The van der Waals surface area contributed by atoms with Crippen molar-refractivity contribution in [3.05, 3.63) is 29.0 Å². The van der Waals surface area contributed by atoms with E-state index in [0.29, 0.717) is 19.8 Å². The monoisotopic (exact) mass is 321 g/mol. The predicted octanol–water partition coefficient (Wildman–Crippen LogP) is 2.57. The molecule has 0 unspecified atom stereocenters. The second kappa shape index (κ2) is 5.97. The van der Waals surface area contributed by atoms with Gasteiger partial charge in [-0.2, -0.15) is 0 Å². The van der Waals surface area contributed by atoms with E-state index < -0.39 is 15.8 Å². The molecule has 1 aromatic rings. The highest BCUT2D eigenvalue weighted by atomic mass is 35.5. The van der Waals surface area contributed by atoms with Crippen LogP contribution in [-0.2, 0) is 14.8 Å². The minimum absolute atomic E-state index is 0.0282. The number of hydrogen-bond acceptors (Lipinski definition) is 3. The van der Waals surface area contributed by atoms with E-state index in [-0.39, 0.29) is 15.3 Å². The van der Waals surface area contributed by atoms with Crippen LogP contribution in [0.3, 0.4) is 0 Å². The summed E-state index contributed by atoms with van der Waals surface area (Å²) in [5, 5.41) is -0.204. The van der Waals surface area contributed by atoms with Gasteiger partial charge in [0.2, 0.25) is 10.0 Å². The molecule has 0 saturated carbocycles. The highest BCUT2D eigenvalue weighted by Crippen LogP contribution is 2.29. The van der Waals surface area contributed by atoms with Gasteiger partial charge in [-0.3, -0.25) is 0 Å². The van der Waals surface area contributed by atoms with Gasteiger partial charge in [0, 0.05) is 19.8 Å². The van der Waals surface area contributed by atoms with Gasteiger partial charge in [0.05, 0.1) is 9.92 Å². The normalized spacial score (nSPS) is 18.9. The van der Waals surface area contributed by atoms with Crippen LogP contribution in [0.4, 0.5) is 4.39 Å². The first-order valence-electron chi connectivity index (χ1n) is 6.35. The third-order valence-electron chi connectivity index (χ3n) is 3.59. The minimum Gasteiger partial charge on any atom is -0.381 e. The van der Waals surface area contributed by atoms with Crippen LogP contribution in [0.1, 0.15) is 19.8 Å². The molecule has 7 heteroatoms. The van der Waals surface area contributed by atoms with Crippen LogP contribution in [0.5, 0.6) is 0 Å². The van der Waals surface area contributed by atoms with Gasteiger partial charge in [0.25, 0.3) is 0 Å². The fraction of sp³-hybridized carbons (Fsp3) is 0.538. The molecule has 0 aliphatic carbocycles. The maximum absolute atomic E-state index is 13.1. The van der Waals surface area contributed by atoms with Crippen molar-refractivity contribution >= 4 is 21.6 Å². The summed E-state index contributed by atoms with van der Waals surface area (Å²) in [6, 6.07) is 3.37. The molecule has 0 spiro atoms. The Morgan fingerprint density at radius 2 is 2.05 bits per heavy atom. The van der Waals surface area contributed by atoms with E-state index in [4.69, 9.17) is 16.3 Å². The average molecular weight is 322 g/mol. The van der Waals surface area contributed by atoms with Crippen molar-refractivity contribution in [2.24, 2.45) is 5.41 Å². The van der Waals surface area contributed by atoms with Crippen molar-refractivity contribution in [2.45, 2.75) is 24.7 Å². The lowest BCUT2D eigenvalue weighted by Gasteiger charge is -2.33. The minimum atomic E-state index is -3.68. The Bertz CT molecular complexity index is 585. The third-order valence-corrected chi connectivity index (χ3v) is 5.28. The molecule has 1 N–H and O–H groups in total. The fourth-order valence-electron chi connectivity index (χ4n) is 2.04. The molecule has 0 atom stereocenters. The standard InChI is InChI=1S/C13H17ClFNO3S/c1-13(4-6-19-7-5-13)9-16-20(17,18)10-2-3-12(15)11(14)8-10/h2-3,8,16H,4-7,9H2,1H3.